The highest BCUT2D eigenvalue weighted by atomic mass is 16.2. The van der Waals surface area contributed by atoms with Crippen LogP contribution in [0.15, 0.2) is 18.2 Å². The maximum absolute atomic E-state index is 11.7. The van der Waals surface area contributed by atoms with Gasteiger partial charge in [0, 0.05) is 31.4 Å². The van der Waals surface area contributed by atoms with Gasteiger partial charge in [-0.25, -0.2) is 0 Å². The second-order valence-electron chi connectivity index (χ2n) is 5.16. The third-order valence-electron chi connectivity index (χ3n) is 3.79. The van der Waals surface area contributed by atoms with Gasteiger partial charge >= 0.3 is 0 Å². The van der Waals surface area contributed by atoms with E-state index in [1.54, 1.807) is 0 Å². The van der Waals surface area contributed by atoms with Crippen LogP contribution in [0.1, 0.15) is 18.4 Å². The second-order valence-corrected chi connectivity index (χ2v) is 5.16. The number of piperidine rings is 1. The van der Waals surface area contributed by atoms with Crippen molar-refractivity contribution in [1.82, 2.24) is 5.32 Å². The molecule has 0 aromatic heterocycles. The van der Waals surface area contributed by atoms with Crippen molar-refractivity contribution in [3.63, 3.8) is 0 Å². The molecule has 2 aliphatic heterocycles. The summed E-state index contributed by atoms with van der Waals surface area (Å²) in [6, 6.07) is 5.86. The lowest BCUT2D eigenvalue weighted by Gasteiger charge is -2.23. The molecule has 0 spiro atoms. The third-order valence-corrected chi connectivity index (χ3v) is 3.79. The minimum atomic E-state index is -0.310. The Morgan fingerprint density at radius 3 is 2.95 bits per heavy atom. The molecule has 1 aromatic carbocycles. The van der Waals surface area contributed by atoms with Crippen molar-refractivity contribution < 1.29 is 9.59 Å². The summed E-state index contributed by atoms with van der Waals surface area (Å²) in [6.07, 6.45) is 2.00. The van der Waals surface area contributed by atoms with Crippen molar-refractivity contribution in [3.05, 3.63) is 23.8 Å². The van der Waals surface area contributed by atoms with E-state index in [0.29, 0.717) is 12.8 Å². The first-order valence-electron chi connectivity index (χ1n) is 6.58. The Morgan fingerprint density at radius 2 is 2.16 bits per heavy atom. The molecule has 1 fully saturated rings. The topological polar surface area (TPSA) is 61.4 Å². The van der Waals surface area contributed by atoms with Crippen LogP contribution in [-0.2, 0) is 16.0 Å². The van der Waals surface area contributed by atoms with Crippen molar-refractivity contribution in [2.45, 2.75) is 25.3 Å². The monoisotopic (exact) mass is 259 g/mol. The van der Waals surface area contributed by atoms with Crippen LogP contribution in [0.4, 0.5) is 11.4 Å². The summed E-state index contributed by atoms with van der Waals surface area (Å²) in [7, 11) is 2.08. The number of benzene rings is 1. The van der Waals surface area contributed by atoms with Crippen molar-refractivity contribution in [2.75, 3.05) is 23.8 Å². The van der Waals surface area contributed by atoms with Crippen molar-refractivity contribution in [2.24, 2.45) is 0 Å². The number of fused-ring (bicyclic) bond motifs is 1. The second kappa shape index (κ2) is 4.57. The largest absolute Gasteiger partial charge is 0.374 e. The fraction of sp³-hybridized carbons (Fsp3) is 0.429. The summed E-state index contributed by atoms with van der Waals surface area (Å²) < 4.78 is 0. The van der Waals surface area contributed by atoms with Gasteiger partial charge < -0.3 is 10.2 Å². The lowest BCUT2D eigenvalue weighted by Crippen LogP contribution is -2.47. The highest BCUT2D eigenvalue weighted by molar-refractivity contribution is 6.01. The van der Waals surface area contributed by atoms with Gasteiger partial charge in [-0.3, -0.25) is 14.9 Å². The molecule has 5 nitrogen and oxygen atoms in total. The van der Waals surface area contributed by atoms with Crippen LogP contribution in [0.25, 0.3) is 0 Å². The van der Waals surface area contributed by atoms with Crippen molar-refractivity contribution in [1.29, 1.82) is 0 Å². The standard InChI is InChI=1S/C14H17N3O2/c1-17-7-6-9-8-10(2-4-12(9)17)15-11-3-5-13(18)16-14(11)19/h2,4,8,11,15H,3,5-7H2,1H3,(H,16,18,19). The number of likely N-dealkylation sites (N-methyl/N-ethyl adjacent to an activating group) is 1. The first kappa shape index (κ1) is 12.0. The van der Waals surface area contributed by atoms with Gasteiger partial charge in [0.25, 0.3) is 0 Å². The summed E-state index contributed by atoms with van der Waals surface area (Å²) in [5.41, 5.74) is 3.51. The maximum atomic E-state index is 11.7. The fourth-order valence-electron chi connectivity index (χ4n) is 2.69. The van der Waals surface area contributed by atoms with Gasteiger partial charge in [0.1, 0.15) is 6.04 Å². The fourth-order valence-corrected chi connectivity index (χ4v) is 2.69. The first-order chi connectivity index (χ1) is 9.13. The average molecular weight is 259 g/mol. The summed E-state index contributed by atoms with van der Waals surface area (Å²) in [5.74, 6) is -0.410. The van der Waals surface area contributed by atoms with Crippen LogP contribution in [-0.4, -0.2) is 31.4 Å². The van der Waals surface area contributed by atoms with Crippen LogP contribution >= 0.6 is 0 Å². The summed E-state index contributed by atoms with van der Waals surface area (Å²) in [4.78, 5) is 25.0. The molecular weight excluding hydrogens is 242 g/mol. The number of nitrogens with one attached hydrogen (secondary N) is 2. The number of amides is 2. The number of carbonyl (C=O) groups excluding carboxylic acids is 2. The van der Waals surface area contributed by atoms with Crippen LogP contribution in [0.5, 0.6) is 0 Å². The molecule has 100 valence electrons. The molecule has 0 radical (unpaired) electrons. The van der Waals surface area contributed by atoms with E-state index in [-0.39, 0.29) is 17.9 Å². The Balaban J connectivity index is 1.74. The zero-order valence-corrected chi connectivity index (χ0v) is 10.9. The summed E-state index contributed by atoms with van der Waals surface area (Å²) in [5, 5.41) is 5.57. The molecule has 0 aliphatic carbocycles. The highest BCUT2D eigenvalue weighted by Crippen LogP contribution is 2.29. The number of hydrogen-bond acceptors (Lipinski definition) is 4. The number of anilines is 2. The molecule has 0 bridgehead atoms. The molecule has 2 aliphatic rings. The third kappa shape index (κ3) is 2.28. The van der Waals surface area contributed by atoms with Gasteiger partial charge in [0.2, 0.25) is 11.8 Å². The Labute approximate surface area is 112 Å². The SMILES string of the molecule is CN1CCc2cc(NC3CCC(=O)NC3=O)ccc21. The van der Waals surface area contributed by atoms with Crippen LogP contribution in [0.2, 0.25) is 0 Å². The smallest absolute Gasteiger partial charge is 0.249 e. The van der Waals surface area contributed by atoms with Gasteiger partial charge in [-0.05, 0) is 36.6 Å². The predicted octanol–water partition coefficient (Wildman–Crippen LogP) is 0.896. The highest BCUT2D eigenvalue weighted by Gasteiger charge is 2.26. The molecule has 1 saturated heterocycles. The minimum absolute atomic E-state index is 0.182. The molecule has 5 heteroatoms. The van der Waals surface area contributed by atoms with E-state index in [1.165, 1.54) is 11.3 Å². The van der Waals surface area contributed by atoms with Crippen molar-refractivity contribution in [3.8, 4) is 0 Å². The molecule has 1 unspecified atom stereocenters. The molecule has 2 heterocycles. The lowest BCUT2D eigenvalue weighted by atomic mass is 10.1. The van der Waals surface area contributed by atoms with Crippen LogP contribution in [0.3, 0.4) is 0 Å². The molecule has 1 aromatic rings. The van der Waals surface area contributed by atoms with Crippen LogP contribution < -0.4 is 15.5 Å². The lowest BCUT2D eigenvalue weighted by molar-refractivity contribution is -0.133. The number of hydrogen-bond donors (Lipinski definition) is 2. The van der Waals surface area contributed by atoms with Crippen molar-refractivity contribution >= 4 is 23.2 Å². The van der Waals surface area contributed by atoms with Crippen LogP contribution in [0, 0.1) is 0 Å². The summed E-state index contributed by atoms with van der Waals surface area (Å²) in [6.45, 7) is 1.04. The minimum Gasteiger partial charge on any atom is -0.374 e. The average Bonchev–Trinajstić information content (AvgIpc) is 2.74. The van der Waals surface area contributed by atoms with E-state index in [2.05, 4.69) is 34.7 Å². The van der Waals surface area contributed by atoms with E-state index in [9.17, 15) is 9.59 Å². The number of nitrogens with zero attached hydrogens (tertiary/aromatic N) is 1. The molecule has 0 saturated carbocycles. The molecular formula is C14H17N3O2. The van der Waals surface area contributed by atoms with Gasteiger partial charge in [-0.2, -0.15) is 0 Å². The van der Waals surface area contributed by atoms with Gasteiger partial charge in [0.15, 0.2) is 0 Å². The normalized spacial score (nSPS) is 22.2. The predicted molar refractivity (Wildman–Crippen MR) is 73.2 cm³/mol. The Kier molecular flexibility index (Phi) is 2.89. The van der Waals surface area contributed by atoms with E-state index in [4.69, 9.17) is 0 Å². The Morgan fingerprint density at radius 1 is 1.32 bits per heavy atom. The zero-order chi connectivity index (χ0) is 13.4. The maximum Gasteiger partial charge on any atom is 0.249 e. The van der Waals surface area contributed by atoms with E-state index in [1.807, 2.05) is 6.07 Å². The zero-order valence-electron chi connectivity index (χ0n) is 10.9. The number of carbonyl (C=O) groups is 2. The molecule has 2 amide bonds. The van der Waals surface area contributed by atoms with E-state index < -0.39 is 0 Å². The Bertz CT molecular complexity index is 541. The van der Waals surface area contributed by atoms with Gasteiger partial charge in [-0.15, -0.1) is 0 Å². The molecule has 1 atom stereocenters. The summed E-state index contributed by atoms with van der Waals surface area (Å²) >= 11 is 0. The first-order valence-corrected chi connectivity index (χ1v) is 6.58. The molecule has 2 N–H and O–H groups in total. The van der Waals surface area contributed by atoms with E-state index >= 15 is 0 Å². The quantitative estimate of drug-likeness (QED) is 0.775. The Hall–Kier alpha value is -2.04. The number of rotatable bonds is 2. The molecule has 19 heavy (non-hydrogen) atoms. The molecule has 3 rings (SSSR count). The number of imide groups is 1. The van der Waals surface area contributed by atoms with E-state index in [0.717, 1.165) is 18.7 Å². The van der Waals surface area contributed by atoms with Gasteiger partial charge in [0.05, 0.1) is 0 Å². The van der Waals surface area contributed by atoms with Gasteiger partial charge in [-0.1, -0.05) is 0 Å².